The van der Waals surface area contributed by atoms with E-state index in [2.05, 4.69) is 5.32 Å². The van der Waals surface area contributed by atoms with Crippen molar-refractivity contribution in [3.63, 3.8) is 0 Å². The van der Waals surface area contributed by atoms with Crippen molar-refractivity contribution in [3.05, 3.63) is 30.3 Å². The highest BCUT2D eigenvalue weighted by Gasteiger charge is 2.24. The third-order valence-electron chi connectivity index (χ3n) is 3.28. The second-order valence-corrected chi connectivity index (χ2v) is 5.45. The van der Waals surface area contributed by atoms with Gasteiger partial charge in [0.25, 0.3) is 0 Å². The van der Waals surface area contributed by atoms with Crippen LogP contribution in [0, 0.1) is 5.92 Å². The zero-order valence-corrected chi connectivity index (χ0v) is 12.2. The minimum atomic E-state index is -0.394. The summed E-state index contributed by atoms with van der Waals surface area (Å²) in [5.41, 5.74) is 0. The highest BCUT2D eigenvalue weighted by atomic mass is 16.5. The Kier molecular flexibility index (Phi) is 5.41. The lowest BCUT2D eigenvalue weighted by Crippen LogP contribution is -2.42. The summed E-state index contributed by atoms with van der Waals surface area (Å²) in [6, 6.07) is 9.54. The molecular formula is C16H23NO3. The van der Waals surface area contributed by atoms with Crippen molar-refractivity contribution < 1.29 is 14.3 Å². The van der Waals surface area contributed by atoms with E-state index >= 15 is 0 Å². The molecule has 0 aliphatic heterocycles. The van der Waals surface area contributed by atoms with Gasteiger partial charge in [0.05, 0.1) is 12.6 Å². The van der Waals surface area contributed by atoms with Gasteiger partial charge in [0.2, 0.25) is 5.91 Å². The summed E-state index contributed by atoms with van der Waals surface area (Å²) >= 11 is 0. The Hall–Kier alpha value is -1.55. The molecule has 1 saturated carbocycles. The first kappa shape index (κ1) is 14.9. The SMILES string of the molecule is CC(COc1ccccc1)NC(=O)C(C)OCC1CC1. The molecule has 1 aromatic carbocycles. The Labute approximate surface area is 120 Å². The van der Waals surface area contributed by atoms with Crippen LogP contribution in [-0.4, -0.2) is 31.3 Å². The molecule has 110 valence electrons. The Morgan fingerprint density at radius 1 is 1.30 bits per heavy atom. The molecule has 1 aliphatic rings. The van der Waals surface area contributed by atoms with Crippen LogP contribution >= 0.6 is 0 Å². The summed E-state index contributed by atoms with van der Waals surface area (Å²) in [6.07, 6.45) is 2.07. The number of hydrogen-bond acceptors (Lipinski definition) is 3. The molecule has 2 rings (SSSR count). The Bertz CT molecular complexity index is 417. The van der Waals surface area contributed by atoms with Crippen LogP contribution in [0.25, 0.3) is 0 Å². The average molecular weight is 277 g/mol. The molecule has 4 nitrogen and oxygen atoms in total. The second-order valence-electron chi connectivity index (χ2n) is 5.45. The van der Waals surface area contributed by atoms with E-state index in [0.29, 0.717) is 19.1 Å². The normalized spacial score (nSPS) is 17.3. The average Bonchev–Trinajstić information content (AvgIpc) is 3.28. The zero-order chi connectivity index (χ0) is 14.4. The summed E-state index contributed by atoms with van der Waals surface area (Å²) < 4.78 is 11.1. The fraction of sp³-hybridized carbons (Fsp3) is 0.562. The lowest BCUT2D eigenvalue weighted by Gasteiger charge is -2.18. The molecule has 2 unspecified atom stereocenters. The topological polar surface area (TPSA) is 47.6 Å². The van der Waals surface area contributed by atoms with E-state index in [1.54, 1.807) is 6.92 Å². The molecule has 0 spiro atoms. The molecule has 0 aromatic heterocycles. The molecule has 4 heteroatoms. The van der Waals surface area contributed by atoms with Gasteiger partial charge >= 0.3 is 0 Å². The highest BCUT2D eigenvalue weighted by molar-refractivity contribution is 5.80. The number of rotatable bonds is 8. The van der Waals surface area contributed by atoms with Gasteiger partial charge in [0, 0.05) is 0 Å². The van der Waals surface area contributed by atoms with Gasteiger partial charge in [0.15, 0.2) is 0 Å². The maximum atomic E-state index is 11.9. The predicted molar refractivity (Wildman–Crippen MR) is 77.7 cm³/mol. The van der Waals surface area contributed by atoms with Crippen LogP contribution < -0.4 is 10.1 Å². The molecule has 1 aliphatic carbocycles. The summed E-state index contributed by atoms with van der Waals surface area (Å²) in [4.78, 5) is 11.9. The molecule has 20 heavy (non-hydrogen) atoms. The van der Waals surface area contributed by atoms with E-state index in [0.717, 1.165) is 5.75 Å². The third kappa shape index (κ3) is 5.21. The molecule has 1 aromatic rings. The van der Waals surface area contributed by atoms with Crippen LogP contribution in [0.1, 0.15) is 26.7 Å². The second kappa shape index (κ2) is 7.29. The molecule has 1 fully saturated rings. The molecule has 0 radical (unpaired) electrons. The van der Waals surface area contributed by atoms with Crippen LogP contribution in [0.2, 0.25) is 0 Å². The number of hydrogen-bond donors (Lipinski definition) is 1. The number of amides is 1. The number of ether oxygens (including phenoxy) is 2. The van der Waals surface area contributed by atoms with Crippen molar-refractivity contribution in [3.8, 4) is 5.75 Å². The van der Waals surface area contributed by atoms with Crippen molar-refractivity contribution in [2.75, 3.05) is 13.2 Å². The minimum Gasteiger partial charge on any atom is -0.491 e. The molecular weight excluding hydrogens is 254 g/mol. The first-order valence-electron chi connectivity index (χ1n) is 7.25. The van der Waals surface area contributed by atoms with E-state index in [4.69, 9.17) is 9.47 Å². The quantitative estimate of drug-likeness (QED) is 0.793. The van der Waals surface area contributed by atoms with Crippen LogP contribution in [0.4, 0.5) is 0 Å². The van der Waals surface area contributed by atoms with E-state index in [1.807, 2.05) is 37.3 Å². The number of nitrogens with one attached hydrogen (secondary N) is 1. The fourth-order valence-electron chi connectivity index (χ4n) is 1.78. The molecule has 0 bridgehead atoms. The summed E-state index contributed by atoms with van der Waals surface area (Å²) in [7, 11) is 0. The zero-order valence-electron chi connectivity index (χ0n) is 12.2. The minimum absolute atomic E-state index is 0.0466. The third-order valence-corrected chi connectivity index (χ3v) is 3.28. The predicted octanol–water partition coefficient (Wildman–Crippen LogP) is 2.39. The monoisotopic (exact) mass is 277 g/mol. The van der Waals surface area contributed by atoms with Crippen LogP contribution in [0.15, 0.2) is 30.3 Å². The molecule has 1 N–H and O–H groups in total. The molecule has 0 saturated heterocycles. The van der Waals surface area contributed by atoms with Crippen molar-refractivity contribution in [2.24, 2.45) is 5.92 Å². The molecule has 0 heterocycles. The first-order chi connectivity index (χ1) is 9.65. The lowest BCUT2D eigenvalue weighted by molar-refractivity contribution is -0.132. The van der Waals surface area contributed by atoms with E-state index in [9.17, 15) is 4.79 Å². The van der Waals surface area contributed by atoms with Crippen molar-refractivity contribution in [2.45, 2.75) is 38.8 Å². The van der Waals surface area contributed by atoms with E-state index < -0.39 is 6.10 Å². The van der Waals surface area contributed by atoms with Gasteiger partial charge in [-0.1, -0.05) is 18.2 Å². The van der Waals surface area contributed by atoms with Crippen molar-refractivity contribution in [1.82, 2.24) is 5.32 Å². The maximum Gasteiger partial charge on any atom is 0.249 e. The summed E-state index contributed by atoms with van der Waals surface area (Å²) in [5.74, 6) is 1.41. The van der Waals surface area contributed by atoms with Gasteiger partial charge in [-0.3, -0.25) is 4.79 Å². The smallest absolute Gasteiger partial charge is 0.249 e. The summed E-state index contributed by atoms with van der Waals surface area (Å²) in [5, 5.41) is 2.91. The van der Waals surface area contributed by atoms with E-state index in [1.165, 1.54) is 12.8 Å². The number of carbonyl (C=O) groups excluding carboxylic acids is 1. The van der Waals surface area contributed by atoms with Gasteiger partial charge < -0.3 is 14.8 Å². The first-order valence-corrected chi connectivity index (χ1v) is 7.25. The molecule has 2 atom stereocenters. The number of benzene rings is 1. The Balaban J connectivity index is 1.64. The highest BCUT2D eigenvalue weighted by Crippen LogP contribution is 2.29. The fourth-order valence-corrected chi connectivity index (χ4v) is 1.78. The van der Waals surface area contributed by atoms with Crippen LogP contribution in [-0.2, 0) is 9.53 Å². The number of para-hydroxylation sites is 1. The van der Waals surface area contributed by atoms with Crippen molar-refractivity contribution >= 4 is 5.91 Å². The standard InChI is InChI=1S/C16H23NO3/c1-12(10-20-15-6-4-3-5-7-15)17-16(18)13(2)19-11-14-8-9-14/h3-7,12-14H,8-11H2,1-2H3,(H,17,18). The molecule has 1 amide bonds. The van der Waals surface area contributed by atoms with E-state index in [-0.39, 0.29) is 11.9 Å². The number of carbonyl (C=O) groups is 1. The maximum absolute atomic E-state index is 11.9. The van der Waals surface area contributed by atoms with Gasteiger partial charge in [0.1, 0.15) is 18.5 Å². The summed E-state index contributed by atoms with van der Waals surface area (Å²) in [6.45, 7) is 4.87. The van der Waals surface area contributed by atoms with Gasteiger partial charge in [-0.2, -0.15) is 0 Å². The van der Waals surface area contributed by atoms with Crippen molar-refractivity contribution in [1.29, 1.82) is 0 Å². The largest absolute Gasteiger partial charge is 0.491 e. The van der Waals surface area contributed by atoms with Gasteiger partial charge in [-0.15, -0.1) is 0 Å². The van der Waals surface area contributed by atoms with Gasteiger partial charge in [-0.25, -0.2) is 0 Å². The Morgan fingerprint density at radius 3 is 2.65 bits per heavy atom. The Morgan fingerprint density at radius 2 is 2.00 bits per heavy atom. The lowest BCUT2D eigenvalue weighted by atomic mass is 10.3. The van der Waals surface area contributed by atoms with Gasteiger partial charge in [-0.05, 0) is 44.7 Å². The van der Waals surface area contributed by atoms with Crippen LogP contribution in [0.5, 0.6) is 5.75 Å². The van der Waals surface area contributed by atoms with Crippen LogP contribution in [0.3, 0.4) is 0 Å².